The largest absolute Gasteiger partial charge is 0.457 e. The van der Waals surface area contributed by atoms with Crippen molar-refractivity contribution < 1.29 is 14.2 Å². The minimum Gasteiger partial charge on any atom is -0.457 e. The summed E-state index contributed by atoms with van der Waals surface area (Å²) in [7, 11) is 0. The Morgan fingerprint density at radius 3 is 1.02 bits per heavy atom. The maximum atomic E-state index is 7.91. The van der Waals surface area contributed by atoms with Crippen molar-refractivity contribution in [3.8, 4) is 23.0 Å². The first-order valence-electron chi connectivity index (χ1n) is 21.6. The molecule has 0 saturated carbocycles. The lowest BCUT2D eigenvalue weighted by Crippen LogP contribution is -2.48. The molecule has 6 rings (SSSR count). The normalized spacial score (nSPS) is 15.1. The summed E-state index contributed by atoms with van der Waals surface area (Å²) in [6, 6.07) is 55.8. The molecule has 0 spiro atoms. The molecular weight excluding hydrogens is 721 g/mol. The Kier molecular flexibility index (Phi) is 13.6. The van der Waals surface area contributed by atoms with Gasteiger partial charge in [-0.05, 0) is 118 Å². The molecule has 0 fully saturated rings. The molecule has 0 aliphatic carbocycles. The molecule has 0 aromatic heterocycles. The van der Waals surface area contributed by atoms with Gasteiger partial charge in [-0.25, -0.2) is 0 Å². The molecule has 0 heterocycles. The Bertz CT molecular complexity index is 2050. The highest BCUT2D eigenvalue weighted by atomic mass is 16.5. The average molecular weight is 787 g/mol. The number of hydrogen-bond acceptors (Lipinski definition) is 3. The SMILES string of the molecule is CCC(C)(c1ccc(C(C)(C)C)cc1)C(Cc1cccc(Oc2ccccc2)c1)OC(Cc1cccc(Oc2ccccc2)c1)C(C)(CC)c1ccc(C(C)(C)C)cc1. The van der Waals surface area contributed by atoms with Crippen molar-refractivity contribution in [2.75, 3.05) is 0 Å². The van der Waals surface area contributed by atoms with Gasteiger partial charge in [-0.1, -0.05) is 178 Å². The van der Waals surface area contributed by atoms with E-state index in [9.17, 15) is 0 Å². The van der Waals surface area contributed by atoms with Crippen molar-refractivity contribution in [3.05, 3.63) is 191 Å². The van der Waals surface area contributed by atoms with Gasteiger partial charge < -0.3 is 14.2 Å². The number of ether oxygens (including phenoxy) is 3. The molecule has 59 heavy (non-hydrogen) atoms. The van der Waals surface area contributed by atoms with Gasteiger partial charge in [0, 0.05) is 10.8 Å². The van der Waals surface area contributed by atoms with Crippen molar-refractivity contribution in [3.63, 3.8) is 0 Å². The van der Waals surface area contributed by atoms with Crippen LogP contribution in [0.3, 0.4) is 0 Å². The first-order valence-corrected chi connectivity index (χ1v) is 21.6. The van der Waals surface area contributed by atoms with Crippen LogP contribution < -0.4 is 9.47 Å². The zero-order chi connectivity index (χ0) is 42.3. The molecule has 0 radical (unpaired) electrons. The van der Waals surface area contributed by atoms with Crippen LogP contribution in [0.4, 0.5) is 0 Å². The van der Waals surface area contributed by atoms with Crippen LogP contribution in [0.2, 0.25) is 0 Å². The maximum absolute atomic E-state index is 7.91. The third kappa shape index (κ3) is 10.7. The predicted molar refractivity (Wildman–Crippen MR) is 248 cm³/mol. The molecule has 308 valence electrons. The highest BCUT2D eigenvalue weighted by Gasteiger charge is 2.43. The van der Waals surface area contributed by atoms with Crippen molar-refractivity contribution >= 4 is 0 Å². The van der Waals surface area contributed by atoms with Crippen LogP contribution in [0.5, 0.6) is 23.0 Å². The Morgan fingerprint density at radius 2 is 0.695 bits per heavy atom. The molecule has 0 N–H and O–H groups in total. The zero-order valence-corrected chi connectivity index (χ0v) is 37.2. The molecular formula is C56H66O3. The molecule has 6 aromatic rings. The predicted octanol–water partition coefficient (Wildman–Crippen LogP) is 15.1. The highest BCUT2D eigenvalue weighted by Crippen LogP contribution is 2.43. The summed E-state index contributed by atoms with van der Waals surface area (Å²) in [5, 5.41) is 0. The first-order chi connectivity index (χ1) is 28.1. The van der Waals surface area contributed by atoms with E-state index >= 15 is 0 Å². The summed E-state index contributed by atoms with van der Waals surface area (Å²) < 4.78 is 20.6. The van der Waals surface area contributed by atoms with E-state index in [1.54, 1.807) is 0 Å². The topological polar surface area (TPSA) is 27.7 Å². The summed E-state index contributed by atoms with van der Waals surface area (Å²) in [6.07, 6.45) is 2.90. The zero-order valence-electron chi connectivity index (χ0n) is 37.2. The second-order valence-electron chi connectivity index (χ2n) is 18.8. The third-order valence-electron chi connectivity index (χ3n) is 12.6. The quantitative estimate of drug-likeness (QED) is 0.0978. The van der Waals surface area contributed by atoms with Crippen LogP contribution in [-0.2, 0) is 39.2 Å². The summed E-state index contributed by atoms with van der Waals surface area (Å²) in [5.74, 6) is 3.29. The number of hydrogen-bond donors (Lipinski definition) is 0. The van der Waals surface area contributed by atoms with Gasteiger partial charge >= 0.3 is 0 Å². The standard InChI is InChI=1S/C56H66O3/c1-11-55(9,45-33-29-43(30-34-45)53(3,4)5)51(39-41-21-19-27-49(37-41)57-47-23-15-13-16-24-47)59-52(56(10,12-2)46-35-31-44(32-36-46)54(6,7)8)40-42-22-20-28-50(38-42)58-48-25-17-14-18-26-48/h13-38,51-52H,11-12,39-40H2,1-10H3. The Labute approximate surface area is 355 Å². The van der Waals surface area contributed by atoms with Gasteiger partial charge in [0.2, 0.25) is 0 Å². The van der Waals surface area contributed by atoms with Gasteiger partial charge in [-0.3, -0.25) is 0 Å². The van der Waals surface area contributed by atoms with Gasteiger partial charge in [0.25, 0.3) is 0 Å². The van der Waals surface area contributed by atoms with Crippen LogP contribution in [0, 0.1) is 0 Å². The summed E-state index contributed by atoms with van der Waals surface area (Å²) in [6.45, 7) is 23.1. The van der Waals surface area contributed by atoms with E-state index in [-0.39, 0.29) is 33.9 Å². The van der Waals surface area contributed by atoms with E-state index in [1.165, 1.54) is 33.4 Å². The molecule has 4 unspecified atom stereocenters. The molecule has 3 heteroatoms. The van der Waals surface area contributed by atoms with E-state index in [0.29, 0.717) is 12.8 Å². The van der Waals surface area contributed by atoms with E-state index in [4.69, 9.17) is 14.2 Å². The van der Waals surface area contributed by atoms with Gasteiger partial charge in [0.05, 0.1) is 12.2 Å². The molecule has 0 saturated heterocycles. The van der Waals surface area contributed by atoms with Crippen molar-refractivity contribution in [1.82, 2.24) is 0 Å². The lowest BCUT2D eigenvalue weighted by molar-refractivity contribution is -0.0840. The fraction of sp³-hybridized carbons (Fsp3) is 0.357. The summed E-state index contributed by atoms with van der Waals surface area (Å²) in [5.41, 5.74) is 7.10. The fourth-order valence-corrected chi connectivity index (χ4v) is 8.13. The van der Waals surface area contributed by atoms with Crippen molar-refractivity contribution in [2.24, 2.45) is 0 Å². The van der Waals surface area contributed by atoms with E-state index in [0.717, 1.165) is 35.8 Å². The molecule has 6 aromatic carbocycles. The van der Waals surface area contributed by atoms with E-state index in [2.05, 4.69) is 154 Å². The van der Waals surface area contributed by atoms with Crippen molar-refractivity contribution in [2.45, 2.75) is 129 Å². The molecule has 0 amide bonds. The van der Waals surface area contributed by atoms with Gasteiger partial charge in [0.1, 0.15) is 23.0 Å². The second-order valence-corrected chi connectivity index (χ2v) is 18.8. The summed E-state index contributed by atoms with van der Waals surface area (Å²) >= 11 is 0. The highest BCUT2D eigenvalue weighted by molar-refractivity contribution is 5.39. The molecule has 4 atom stereocenters. The minimum absolute atomic E-state index is 0.0611. The third-order valence-corrected chi connectivity index (χ3v) is 12.6. The molecule has 0 bridgehead atoms. The van der Waals surface area contributed by atoms with E-state index in [1.807, 2.05) is 72.8 Å². The average Bonchev–Trinajstić information content (AvgIpc) is 3.23. The van der Waals surface area contributed by atoms with Crippen LogP contribution in [0.1, 0.15) is 115 Å². The van der Waals surface area contributed by atoms with Crippen LogP contribution in [0.15, 0.2) is 158 Å². The molecule has 0 aliphatic rings. The number of rotatable bonds is 16. The molecule has 3 nitrogen and oxygen atoms in total. The number of para-hydroxylation sites is 2. The maximum Gasteiger partial charge on any atom is 0.127 e. The fourth-order valence-electron chi connectivity index (χ4n) is 8.13. The monoisotopic (exact) mass is 787 g/mol. The van der Waals surface area contributed by atoms with Crippen LogP contribution >= 0.6 is 0 Å². The van der Waals surface area contributed by atoms with E-state index < -0.39 is 0 Å². The Balaban J connectivity index is 1.45. The lowest BCUT2D eigenvalue weighted by atomic mass is 9.70. The lowest BCUT2D eigenvalue weighted by Gasteiger charge is -2.45. The Hall–Kier alpha value is -5.12. The minimum atomic E-state index is -0.312. The van der Waals surface area contributed by atoms with Gasteiger partial charge in [-0.15, -0.1) is 0 Å². The van der Waals surface area contributed by atoms with Crippen LogP contribution in [-0.4, -0.2) is 12.2 Å². The van der Waals surface area contributed by atoms with Gasteiger partial charge in [-0.2, -0.15) is 0 Å². The summed E-state index contributed by atoms with van der Waals surface area (Å²) in [4.78, 5) is 0. The second kappa shape index (κ2) is 18.4. The van der Waals surface area contributed by atoms with Crippen molar-refractivity contribution in [1.29, 1.82) is 0 Å². The first kappa shape index (κ1) is 43.5. The Morgan fingerprint density at radius 1 is 0.373 bits per heavy atom. The number of benzene rings is 6. The van der Waals surface area contributed by atoms with Crippen LogP contribution in [0.25, 0.3) is 0 Å². The van der Waals surface area contributed by atoms with Gasteiger partial charge in [0.15, 0.2) is 0 Å². The molecule has 0 aliphatic heterocycles. The smallest absolute Gasteiger partial charge is 0.127 e.